The summed E-state index contributed by atoms with van der Waals surface area (Å²) in [5.74, 6) is -0.135. The van der Waals surface area contributed by atoms with E-state index in [0.29, 0.717) is 19.7 Å². The Hall–Kier alpha value is -2.71. The lowest BCUT2D eigenvalue weighted by molar-refractivity contribution is -0.274. The van der Waals surface area contributed by atoms with E-state index in [2.05, 4.69) is 10.1 Å². The number of hydrogen-bond acceptors (Lipinski definition) is 4. The molecule has 0 saturated heterocycles. The van der Waals surface area contributed by atoms with Gasteiger partial charge in [-0.1, -0.05) is 18.2 Å². The van der Waals surface area contributed by atoms with Crippen LogP contribution in [0.1, 0.15) is 23.1 Å². The minimum atomic E-state index is -4.72. The standard InChI is InChI=1S/C22H25F3N2O3/c1-15-10-17(12-26-8-3-9-29-2)11-18-14-27(21(28)20(15)18)13-16-4-6-19(7-5-16)30-22(23,24)25/h4-7,10-11,14,26,28H,3,8-9,12-13H2,1-2H3. The third-order valence-corrected chi connectivity index (χ3v) is 4.76. The molecule has 0 aliphatic carbocycles. The number of ether oxygens (including phenoxy) is 2. The first kappa shape index (κ1) is 22.0. The van der Waals surface area contributed by atoms with Gasteiger partial charge in [0.1, 0.15) is 5.75 Å². The van der Waals surface area contributed by atoms with Crippen molar-refractivity contribution in [3.05, 3.63) is 59.3 Å². The molecule has 3 rings (SSSR count). The highest BCUT2D eigenvalue weighted by Crippen LogP contribution is 2.32. The lowest BCUT2D eigenvalue weighted by Gasteiger charge is -2.10. The first-order valence-corrected chi connectivity index (χ1v) is 9.62. The summed E-state index contributed by atoms with van der Waals surface area (Å²) in [5.41, 5.74) is 2.83. The van der Waals surface area contributed by atoms with Crippen molar-refractivity contribution in [1.29, 1.82) is 0 Å². The van der Waals surface area contributed by atoms with Crippen LogP contribution < -0.4 is 10.1 Å². The molecule has 8 heteroatoms. The van der Waals surface area contributed by atoms with Gasteiger partial charge in [0.2, 0.25) is 0 Å². The van der Waals surface area contributed by atoms with Gasteiger partial charge in [0, 0.05) is 37.2 Å². The second-order valence-corrected chi connectivity index (χ2v) is 7.17. The molecule has 30 heavy (non-hydrogen) atoms. The molecule has 2 aromatic carbocycles. The fourth-order valence-electron chi connectivity index (χ4n) is 3.46. The van der Waals surface area contributed by atoms with Crippen LogP contribution >= 0.6 is 0 Å². The van der Waals surface area contributed by atoms with E-state index in [-0.39, 0.29) is 11.6 Å². The van der Waals surface area contributed by atoms with E-state index >= 15 is 0 Å². The summed E-state index contributed by atoms with van der Waals surface area (Å²) in [6.45, 7) is 4.56. The van der Waals surface area contributed by atoms with Crippen LogP contribution in [0.2, 0.25) is 0 Å². The van der Waals surface area contributed by atoms with E-state index in [1.54, 1.807) is 23.8 Å². The Morgan fingerprint density at radius 1 is 1.10 bits per heavy atom. The molecule has 0 saturated carbocycles. The summed E-state index contributed by atoms with van der Waals surface area (Å²) in [4.78, 5) is 0. The van der Waals surface area contributed by atoms with Gasteiger partial charge < -0.3 is 24.5 Å². The topological polar surface area (TPSA) is 55.6 Å². The molecule has 0 radical (unpaired) electrons. The number of aromatic hydroxyl groups is 1. The zero-order valence-corrected chi connectivity index (χ0v) is 16.9. The van der Waals surface area contributed by atoms with Crippen LogP contribution in [0, 0.1) is 6.92 Å². The number of methoxy groups -OCH3 is 1. The molecule has 5 nitrogen and oxygen atoms in total. The summed E-state index contributed by atoms with van der Waals surface area (Å²) < 4.78 is 47.5. The Balaban J connectivity index is 1.73. The van der Waals surface area contributed by atoms with E-state index in [1.807, 2.05) is 25.3 Å². The average Bonchev–Trinajstić information content (AvgIpc) is 2.98. The van der Waals surface area contributed by atoms with Crippen molar-refractivity contribution < 1.29 is 27.8 Å². The van der Waals surface area contributed by atoms with Crippen molar-refractivity contribution >= 4 is 10.8 Å². The number of rotatable bonds is 9. The summed E-state index contributed by atoms with van der Waals surface area (Å²) in [6.07, 6.45) is -1.93. The zero-order chi connectivity index (χ0) is 21.7. The van der Waals surface area contributed by atoms with Crippen molar-refractivity contribution in [3.8, 4) is 11.6 Å². The summed E-state index contributed by atoms with van der Waals surface area (Å²) in [6, 6.07) is 9.70. The smallest absolute Gasteiger partial charge is 0.494 e. The number of nitrogens with one attached hydrogen (secondary N) is 1. The Labute approximate surface area is 173 Å². The fourth-order valence-corrected chi connectivity index (χ4v) is 3.46. The van der Waals surface area contributed by atoms with Crippen LogP contribution in [-0.4, -0.2) is 36.3 Å². The summed E-state index contributed by atoms with van der Waals surface area (Å²) in [5, 5.41) is 15.7. The van der Waals surface area contributed by atoms with Gasteiger partial charge in [-0.3, -0.25) is 0 Å². The van der Waals surface area contributed by atoms with Gasteiger partial charge in [-0.15, -0.1) is 13.2 Å². The number of nitrogens with zero attached hydrogens (tertiary/aromatic N) is 1. The maximum Gasteiger partial charge on any atom is 0.573 e. The van der Waals surface area contributed by atoms with Crippen LogP contribution in [-0.2, 0) is 17.8 Å². The third kappa shape index (κ3) is 5.67. The monoisotopic (exact) mass is 422 g/mol. The van der Waals surface area contributed by atoms with Gasteiger partial charge in [0.05, 0.1) is 6.54 Å². The maximum absolute atomic E-state index is 12.3. The average molecular weight is 422 g/mol. The van der Waals surface area contributed by atoms with E-state index in [0.717, 1.165) is 40.4 Å². The van der Waals surface area contributed by atoms with Crippen molar-refractivity contribution in [2.24, 2.45) is 0 Å². The highest BCUT2D eigenvalue weighted by atomic mass is 19.4. The molecule has 0 fully saturated rings. The lowest BCUT2D eigenvalue weighted by atomic mass is 10.1. The van der Waals surface area contributed by atoms with Crippen molar-refractivity contribution in [1.82, 2.24) is 9.88 Å². The minimum Gasteiger partial charge on any atom is -0.494 e. The van der Waals surface area contributed by atoms with Gasteiger partial charge in [-0.05, 0) is 54.8 Å². The molecule has 0 amide bonds. The van der Waals surface area contributed by atoms with Crippen LogP contribution in [0.3, 0.4) is 0 Å². The second kappa shape index (κ2) is 9.40. The van der Waals surface area contributed by atoms with Gasteiger partial charge in [-0.25, -0.2) is 0 Å². The lowest BCUT2D eigenvalue weighted by Crippen LogP contribution is -2.17. The number of halogens is 3. The Kier molecular flexibility index (Phi) is 6.89. The summed E-state index contributed by atoms with van der Waals surface area (Å²) >= 11 is 0. The van der Waals surface area contributed by atoms with Gasteiger partial charge in [-0.2, -0.15) is 0 Å². The third-order valence-electron chi connectivity index (χ3n) is 4.76. The Morgan fingerprint density at radius 2 is 1.83 bits per heavy atom. The van der Waals surface area contributed by atoms with Gasteiger partial charge in [0.15, 0.2) is 5.88 Å². The molecule has 1 heterocycles. The second-order valence-electron chi connectivity index (χ2n) is 7.17. The van der Waals surface area contributed by atoms with E-state index in [4.69, 9.17) is 4.74 Å². The minimum absolute atomic E-state index is 0.137. The Morgan fingerprint density at radius 3 is 2.50 bits per heavy atom. The van der Waals surface area contributed by atoms with Crippen LogP contribution in [0.4, 0.5) is 13.2 Å². The number of aryl methyl sites for hydroxylation is 1. The number of benzene rings is 2. The molecule has 0 aliphatic heterocycles. The number of fused-ring (bicyclic) bond motifs is 1. The quantitative estimate of drug-likeness (QED) is 0.490. The molecule has 0 unspecified atom stereocenters. The van der Waals surface area contributed by atoms with E-state index in [9.17, 15) is 18.3 Å². The SMILES string of the molecule is COCCCNCc1cc(C)c2c(O)n(Cc3ccc(OC(F)(F)F)cc3)cc2c1. The first-order chi connectivity index (χ1) is 14.3. The summed E-state index contributed by atoms with van der Waals surface area (Å²) in [7, 11) is 1.68. The molecule has 162 valence electrons. The highest BCUT2D eigenvalue weighted by molar-refractivity contribution is 5.91. The number of alkyl halides is 3. The number of aromatic nitrogens is 1. The zero-order valence-electron chi connectivity index (χ0n) is 16.9. The predicted octanol–water partition coefficient (Wildman–Crippen LogP) is 4.73. The molecule has 2 N–H and O–H groups in total. The van der Waals surface area contributed by atoms with Crippen molar-refractivity contribution in [2.45, 2.75) is 32.8 Å². The maximum atomic E-state index is 12.3. The molecule has 0 atom stereocenters. The normalized spacial score (nSPS) is 11.9. The Bertz CT molecular complexity index is 982. The molecular weight excluding hydrogens is 397 g/mol. The fraction of sp³-hybridized carbons (Fsp3) is 0.364. The molecule has 1 aromatic heterocycles. The number of hydrogen-bond donors (Lipinski definition) is 2. The van der Waals surface area contributed by atoms with Gasteiger partial charge in [0.25, 0.3) is 0 Å². The van der Waals surface area contributed by atoms with Crippen molar-refractivity contribution in [3.63, 3.8) is 0 Å². The van der Waals surface area contributed by atoms with Gasteiger partial charge >= 0.3 is 6.36 Å². The molecule has 0 spiro atoms. The molecular formula is C22H25F3N2O3. The van der Waals surface area contributed by atoms with E-state index < -0.39 is 6.36 Å². The van der Waals surface area contributed by atoms with Crippen LogP contribution in [0.5, 0.6) is 11.6 Å². The van der Waals surface area contributed by atoms with Crippen LogP contribution in [0.25, 0.3) is 10.8 Å². The molecule has 0 bridgehead atoms. The molecule has 3 aromatic rings. The predicted molar refractivity (Wildman–Crippen MR) is 109 cm³/mol. The first-order valence-electron chi connectivity index (χ1n) is 9.62. The van der Waals surface area contributed by atoms with E-state index in [1.165, 1.54) is 12.1 Å². The molecule has 0 aliphatic rings. The van der Waals surface area contributed by atoms with Crippen LogP contribution in [0.15, 0.2) is 42.6 Å². The van der Waals surface area contributed by atoms with Crippen molar-refractivity contribution in [2.75, 3.05) is 20.3 Å². The largest absolute Gasteiger partial charge is 0.573 e. The highest BCUT2D eigenvalue weighted by Gasteiger charge is 2.30.